The number of hydrogen-bond acceptors (Lipinski definition) is 4. The van der Waals surface area contributed by atoms with Crippen LogP contribution in [0.4, 0.5) is 0 Å². The van der Waals surface area contributed by atoms with E-state index in [1.54, 1.807) is 18.2 Å². The van der Waals surface area contributed by atoms with Gasteiger partial charge in [0, 0.05) is 28.4 Å². The quantitative estimate of drug-likeness (QED) is 0.553. The van der Waals surface area contributed by atoms with Gasteiger partial charge in [-0.1, -0.05) is 23.2 Å². The highest BCUT2D eigenvalue weighted by Gasteiger charge is 2.26. The second kappa shape index (κ2) is 9.16. The van der Waals surface area contributed by atoms with Crippen molar-refractivity contribution in [1.82, 2.24) is 20.9 Å². The summed E-state index contributed by atoms with van der Waals surface area (Å²) in [4.78, 5) is 39.1. The molecule has 0 saturated carbocycles. The number of amides is 3. The lowest BCUT2D eigenvalue weighted by atomic mass is 9.92. The number of rotatable bonds is 6. The molecule has 1 saturated heterocycles. The summed E-state index contributed by atoms with van der Waals surface area (Å²) in [6.45, 7) is 0.327. The summed E-state index contributed by atoms with van der Waals surface area (Å²) in [5.74, 6) is -1.41. The highest BCUT2D eigenvalue weighted by atomic mass is 35.5. The molecule has 1 fully saturated rings. The Morgan fingerprint density at radius 2 is 2.10 bits per heavy atom. The Morgan fingerprint density at radius 1 is 1.31 bits per heavy atom. The number of aromatic amines is 1. The first kappa shape index (κ1) is 21.0. The first-order valence-electron chi connectivity index (χ1n) is 9.10. The number of aromatic nitrogens is 1. The molecule has 29 heavy (non-hydrogen) atoms. The molecule has 2 heterocycles. The maximum atomic E-state index is 12.3. The van der Waals surface area contributed by atoms with Gasteiger partial charge in [-0.3, -0.25) is 14.4 Å². The van der Waals surface area contributed by atoms with Gasteiger partial charge in [-0.25, -0.2) is 0 Å². The lowest BCUT2D eigenvalue weighted by Gasteiger charge is -2.23. The monoisotopic (exact) mass is 435 g/mol. The summed E-state index contributed by atoms with van der Waals surface area (Å²) in [5, 5.41) is 18.5. The van der Waals surface area contributed by atoms with E-state index < -0.39 is 17.9 Å². The van der Waals surface area contributed by atoms with E-state index in [2.05, 4.69) is 20.9 Å². The first-order valence-corrected chi connectivity index (χ1v) is 9.85. The fourth-order valence-corrected chi connectivity index (χ4v) is 3.82. The van der Waals surface area contributed by atoms with Crippen LogP contribution in [0.3, 0.4) is 0 Å². The van der Waals surface area contributed by atoms with Crippen LogP contribution in [0, 0.1) is 17.2 Å². The fraction of sp³-hybridized carbons (Fsp3) is 0.368. The molecule has 4 N–H and O–H groups in total. The van der Waals surface area contributed by atoms with Crippen molar-refractivity contribution in [3.63, 3.8) is 0 Å². The van der Waals surface area contributed by atoms with Gasteiger partial charge in [0.25, 0.3) is 5.91 Å². The maximum absolute atomic E-state index is 12.3. The van der Waals surface area contributed by atoms with Crippen LogP contribution in [0.25, 0.3) is 10.9 Å². The lowest BCUT2D eigenvalue weighted by Crippen LogP contribution is -2.44. The second-order valence-corrected chi connectivity index (χ2v) is 7.67. The summed E-state index contributed by atoms with van der Waals surface area (Å²) in [5.41, 5.74) is 0.833. The van der Waals surface area contributed by atoms with Crippen molar-refractivity contribution >= 4 is 51.8 Å². The number of nitrogens with zero attached hydrogens (tertiary/aromatic N) is 1. The molecule has 0 bridgehead atoms. The lowest BCUT2D eigenvalue weighted by molar-refractivity contribution is -0.127. The average Bonchev–Trinajstić information content (AvgIpc) is 3.11. The van der Waals surface area contributed by atoms with Crippen molar-refractivity contribution in [3.8, 4) is 6.07 Å². The molecule has 1 aliphatic heterocycles. The van der Waals surface area contributed by atoms with E-state index in [1.165, 1.54) is 0 Å². The minimum Gasteiger partial charge on any atom is -0.356 e. The summed E-state index contributed by atoms with van der Waals surface area (Å²) in [6.07, 6.45) is 1.77. The third-order valence-corrected chi connectivity index (χ3v) is 5.25. The molecular formula is C19H19Cl2N5O3. The molecule has 0 spiro atoms. The first-order chi connectivity index (χ1) is 13.9. The molecule has 2 aromatic rings. The van der Waals surface area contributed by atoms with E-state index in [9.17, 15) is 19.6 Å². The SMILES string of the molecule is N#C[C@H](C[C@@H]1CCCNC1=O)NC(=O)CNC(=O)c1cc2c(Cl)cc(Cl)cc2[nH]1. The molecule has 1 aromatic heterocycles. The van der Waals surface area contributed by atoms with Crippen molar-refractivity contribution < 1.29 is 14.4 Å². The number of fused-ring (bicyclic) bond motifs is 1. The van der Waals surface area contributed by atoms with E-state index >= 15 is 0 Å². The number of nitrogens with one attached hydrogen (secondary N) is 4. The molecule has 10 heteroatoms. The molecule has 3 amide bonds. The third-order valence-electron chi connectivity index (χ3n) is 4.72. The Labute approximate surface area is 176 Å². The van der Waals surface area contributed by atoms with Crippen LogP contribution in [0.2, 0.25) is 10.0 Å². The summed E-state index contributed by atoms with van der Waals surface area (Å²) < 4.78 is 0. The standard InChI is InChI=1S/C19H19Cl2N5O3/c20-11-5-14(21)13-7-16(26-15(13)6-11)19(29)24-9-17(27)25-12(8-22)4-10-2-1-3-23-18(10)28/h5-7,10,12,26H,1-4,9H2,(H,23,28)(H,24,29)(H,25,27)/t10-,12-/m0/s1. The van der Waals surface area contributed by atoms with E-state index in [0.29, 0.717) is 33.9 Å². The number of halogens is 2. The van der Waals surface area contributed by atoms with Crippen LogP contribution < -0.4 is 16.0 Å². The molecule has 1 aromatic carbocycles. The van der Waals surface area contributed by atoms with Gasteiger partial charge in [-0.15, -0.1) is 0 Å². The predicted octanol–water partition coefficient (Wildman–Crippen LogP) is 2.13. The summed E-state index contributed by atoms with van der Waals surface area (Å²) >= 11 is 12.1. The van der Waals surface area contributed by atoms with Crippen molar-refractivity contribution in [2.45, 2.75) is 25.3 Å². The van der Waals surface area contributed by atoms with Gasteiger partial charge in [0.15, 0.2) is 0 Å². The van der Waals surface area contributed by atoms with E-state index in [4.69, 9.17) is 23.2 Å². The number of hydrogen-bond donors (Lipinski definition) is 4. The van der Waals surface area contributed by atoms with Crippen molar-refractivity contribution in [2.75, 3.05) is 13.1 Å². The topological polar surface area (TPSA) is 127 Å². The smallest absolute Gasteiger partial charge is 0.268 e. The molecule has 152 valence electrons. The maximum Gasteiger partial charge on any atom is 0.268 e. The van der Waals surface area contributed by atoms with Crippen LogP contribution in [0.15, 0.2) is 18.2 Å². The molecule has 0 unspecified atom stereocenters. The Morgan fingerprint density at radius 3 is 2.83 bits per heavy atom. The molecule has 8 nitrogen and oxygen atoms in total. The minimum absolute atomic E-state index is 0.100. The Balaban J connectivity index is 1.54. The number of carbonyl (C=O) groups is 3. The minimum atomic E-state index is -0.803. The largest absolute Gasteiger partial charge is 0.356 e. The van der Waals surface area contributed by atoms with Crippen molar-refractivity contribution in [2.24, 2.45) is 5.92 Å². The van der Waals surface area contributed by atoms with E-state index in [0.717, 1.165) is 6.42 Å². The van der Waals surface area contributed by atoms with Gasteiger partial charge in [0.2, 0.25) is 11.8 Å². The third kappa shape index (κ3) is 5.19. The molecule has 3 rings (SSSR count). The van der Waals surface area contributed by atoms with Crippen molar-refractivity contribution in [1.29, 1.82) is 5.26 Å². The van der Waals surface area contributed by atoms with Gasteiger partial charge < -0.3 is 20.9 Å². The van der Waals surface area contributed by atoms with E-state index in [1.807, 2.05) is 6.07 Å². The number of piperidine rings is 1. The zero-order valence-corrected chi connectivity index (χ0v) is 16.9. The second-order valence-electron chi connectivity index (χ2n) is 6.83. The Kier molecular flexibility index (Phi) is 6.62. The fourth-order valence-electron chi connectivity index (χ4n) is 3.27. The number of H-pyrrole nitrogens is 1. The molecular weight excluding hydrogens is 417 g/mol. The van der Waals surface area contributed by atoms with Crippen LogP contribution in [0.5, 0.6) is 0 Å². The normalized spacial score (nSPS) is 17.3. The highest BCUT2D eigenvalue weighted by Crippen LogP contribution is 2.28. The predicted molar refractivity (Wildman–Crippen MR) is 109 cm³/mol. The van der Waals surface area contributed by atoms with Crippen LogP contribution in [-0.4, -0.2) is 41.8 Å². The van der Waals surface area contributed by atoms with Crippen LogP contribution in [-0.2, 0) is 9.59 Å². The number of nitriles is 1. The Hall–Kier alpha value is -2.76. The highest BCUT2D eigenvalue weighted by molar-refractivity contribution is 6.38. The van der Waals surface area contributed by atoms with Gasteiger partial charge in [0.1, 0.15) is 11.7 Å². The zero-order valence-electron chi connectivity index (χ0n) is 15.4. The van der Waals surface area contributed by atoms with Gasteiger partial charge >= 0.3 is 0 Å². The number of carbonyl (C=O) groups excluding carboxylic acids is 3. The van der Waals surface area contributed by atoms with Crippen LogP contribution in [0.1, 0.15) is 29.8 Å². The van der Waals surface area contributed by atoms with Gasteiger partial charge in [-0.05, 0) is 37.5 Å². The average molecular weight is 436 g/mol. The Bertz CT molecular complexity index is 998. The van der Waals surface area contributed by atoms with E-state index in [-0.39, 0.29) is 30.5 Å². The van der Waals surface area contributed by atoms with Gasteiger partial charge in [0.05, 0.1) is 17.6 Å². The van der Waals surface area contributed by atoms with Gasteiger partial charge in [-0.2, -0.15) is 5.26 Å². The molecule has 0 radical (unpaired) electrons. The zero-order chi connectivity index (χ0) is 21.0. The molecule has 0 aliphatic carbocycles. The van der Waals surface area contributed by atoms with Crippen molar-refractivity contribution in [3.05, 3.63) is 33.9 Å². The summed E-state index contributed by atoms with van der Waals surface area (Å²) in [6, 6.07) is 5.97. The number of benzene rings is 1. The van der Waals surface area contributed by atoms with Crippen LogP contribution >= 0.6 is 23.2 Å². The summed E-state index contributed by atoms with van der Waals surface area (Å²) in [7, 11) is 0. The molecule has 1 aliphatic rings. The molecule has 2 atom stereocenters.